The Kier molecular flexibility index (Phi) is 12.5. The Hall–Kier alpha value is -7.50. The van der Waals surface area contributed by atoms with Gasteiger partial charge < -0.3 is 10.6 Å². The van der Waals surface area contributed by atoms with E-state index in [2.05, 4.69) is 50.2 Å². The highest BCUT2D eigenvalue weighted by Crippen LogP contribution is 2.40. The number of rotatable bonds is 13. The van der Waals surface area contributed by atoms with Crippen LogP contribution >= 0.6 is 22.9 Å². The van der Waals surface area contributed by atoms with E-state index < -0.39 is 35.7 Å². The highest BCUT2D eigenvalue weighted by molar-refractivity contribution is 7.15. The molecule has 3 aliphatic heterocycles. The summed E-state index contributed by atoms with van der Waals surface area (Å²) in [6.45, 7) is 6.51. The number of anilines is 1. The highest BCUT2D eigenvalue weighted by atomic mass is 35.5. The molecular weight excluding hydrogens is 892 g/mol. The molecule has 16 nitrogen and oxygen atoms in total. The zero-order valence-corrected chi connectivity index (χ0v) is 38.2. The Bertz CT molecular complexity index is 3050. The van der Waals surface area contributed by atoms with Gasteiger partial charge in [0.05, 0.1) is 40.3 Å². The lowest BCUT2D eigenvalue weighted by atomic mass is 9.99. The minimum Gasteiger partial charge on any atom is -0.356 e. The first-order valence-corrected chi connectivity index (χ1v) is 22.9. The quantitative estimate of drug-likeness (QED) is 0.0763. The highest BCUT2D eigenvalue weighted by Gasteiger charge is 2.46. The van der Waals surface area contributed by atoms with Crippen LogP contribution in [0.2, 0.25) is 5.02 Å². The van der Waals surface area contributed by atoms with Crippen molar-refractivity contribution in [3.8, 4) is 5.00 Å². The van der Waals surface area contributed by atoms with Gasteiger partial charge in [0.25, 0.3) is 11.8 Å². The summed E-state index contributed by atoms with van der Waals surface area (Å²) >= 11 is 7.91. The van der Waals surface area contributed by atoms with E-state index in [4.69, 9.17) is 16.6 Å². The molecule has 9 rings (SSSR count). The molecule has 0 spiro atoms. The van der Waals surface area contributed by atoms with Crippen LogP contribution in [0, 0.1) is 20.8 Å². The van der Waals surface area contributed by atoms with Crippen molar-refractivity contribution in [2.45, 2.75) is 71.4 Å². The van der Waals surface area contributed by atoms with Crippen LogP contribution in [0.3, 0.4) is 0 Å². The van der Waals surface area contributed by atoms with Crippen LogP contribution in [0.4, 0.5) is 17.1 Å². The van der Waals surface area contributed by atoms with Gasteiger partial charge in [-0.3, -0.25) is 48.5 Å². The number of thiophene rings is 1. The third-order valence-corrected chi connectivity index (χ3v) is 13.5. The number of hydrogen-bond acceptors (Lipinski definition) is 12. The summed E-state index contributed by atoms with van der Waals surface area (Å²) in [5.41, 5.74) is 7.29. The van der Waals surface area contributed by atoms with E-state index in [1.54, 1.807) is 29.5 Å². The molecule has 6 amide bonds. The molecule has 6 aromatic rings. The van der Waals surface area contributed by atoms with E-state index in [1.165, 1.54) is 17.0 Å². The van der Waals surface area contributed by atoms with Crippen LogP contribution in [0.25, 0.3) is 5.00 Å². The number of imide groups is 2. The first kappa shape index (κ1) is 44.7. The number of nitrogens with zero attached hydrogens (tertiary/aromatic N) is 7. The van der Waals surface area contributed by atoms with Crippen molar-refractivity contribution in [2.75, 3.05) is 11.9 Å². The lowest BCUT2D eigenvalue weighted by molar-refractivity contribution is -0.136. The average molecular weight is 935 g/mol. The van der Waals surface area contributed by atoms with E-state index in [0.29, 0.717) is 41.6 Å². The van der Waals surface area contributed by atoms with Crippen LogP contribution in [-0.4, -0.2) is 73.4 Å². The molecule has 0 saturated carbocycles. The number of aliphatic imine (C=N–C) groups is 1. The predicted molar refractivity (Wildman–Crippen MR) is 252 cm³/mol. The first-order valence-electron chi connectivity index (χ1n) is 21.7. The molecule has 338 valence electrons. The maximum atomic E-state index is 13.5. The molecule has 5 heterocycles. The number of halogens is 1. The topological polar surface area (TPSA) is 210 Å². The van der Waals surface area contributed by atoms with Gasteiger partial charge >= 0.3 is 0 Å². The SMILES string of the molecule is Cc1sc2c(c1C)C(c1ccc(Cl)cc1)=N[C@@H](CC(=O)NCCc1ccc(/N=N/c3ccc(CCC(=O)Nc4cccc5c4C(=O)N(C4CCC(=O)NC4=O)C5=O)cc3)cc1)c1nnc(C)n1-2. The van der Waals surface area contributed by atoms with Gasteiger partial charge in [-0.25, -0.2) is 0 Å². The Morgan fingerprint density at radius 3 is 2.19 bits per heavy atom. The summed E-state index contributed by atoms with van der Waals surface area (Å²) in [5.74, 6) is -1.66. The second kappa shape index (κ2) is 18.8. The molecule has 1 saturated heterocycles. The van der Waals surface area contributed by atoms with Crippen LogP contribution in [0.5, 0.6) is 0 Å². The fraction of sp³-hybridized carbons (Fsp3) is 0.245. The molecule has 1 unspecified atom stereocenters. The Morgan fingerprint density at radius 1 is 0.821 bits per heavy atom. The largest absolute Gasteiger partial charge is 0.356 e. The Balaban J connectivity index is 0.759. The summed E-state index contributed by atoms with van der Waals surface area (Å²) in [6.07, 6.45) is 1.24. The molecule has 3 aliphatic rings. The standard InChI is InChI=1S/C49H43ClN10O6S/c1-26-27(2)67-49-42(26)44(31-12-14-32(50)15-13-31)53-37(45-58-55-28(3)59(45)49)25-41(63)51-24-23-30-9-18-34(19-10-30)57-56-33-16-7-29(8-17-33)11-21-39(61)52-36-6-4-5-35-43(36)48(66)60(47(35)65)38-20-22-40(62)54-46(38)64/h4-10,12-19,37-38H,11,20-25H2,1-3H3,(H,51,63)(H,52,61)(H,54,62,64)/b57-56+/t37-,38?/m0/s1. The fourth-order valence-corrected chi connectivity index (χ4v) is 9.73. The molecular formula is C49H43ClN10O6S. The van der Waals surface area contributed by atoms with Crippen molar-refractivity contribution in [3.05, 3.63) is 151 Å². The fourth-order valence-electron chi connectivity index (χ4n) is 8.39. The van der Waals surface area contributed by atoms with Crippen LogP contribution in [0.1, 0.15) is 96.8 Å². The molecule has 4 aromatic carbocycles. The molecule has 2 atom stereocenters. The summed E-state index contributed by atoms with van der Waals surface area (Å²) in [4.78, 5) is 84.3. The molecule has 2 aromatic heterocycles. The minimum atomic E-state index is -1.10. The van der Waals surface area contributed by atoms with Crippen molar-refractivity contribution in [1.82, 2.24) is 30.3 Å². The molecule has 3 N–H and O–H groups in total. The van der Waals surface area contributed by atoms with Crippen molar-refractivity contribution in [3.63, 3.8) is 0 Å². The molecule has 0 bridgehead atoms. The van der Waals surface area contributed by atoms with E-state index in [1.807, 2.05) is 72.2 Å². The van der Waals surface area contributed by atoms with Gasteiger partial charge in [-0.1, -0.05) is 54.1 Å². The third-order valence-electron chi connectivity index (χ3n) is 12.0. The van der Waals surface area contributed by atoms with Crippen molar-refractivity contribution in [2.24, 2.45) is 15.2 Å². The van der Waals surface area contributed by atoms with Crippen molar-refractivity contribution >= 4 is 81.2 Å². The number of azo groups is 1. The van der Waals surface area contributed by atoms with Gasteiger partial charge in [-0.15, -0.1) is 21.5 Å². The smallest absolute Gasteiger partial charge is 0.264 e. The average Bonchev–Trinajstić information content (AvgIpc) is 3.89. The zero-order valence-electron chi connectivity index (χ0n) is 36.6. The van der Waals surface area contributed by atoms with Gasteiger partial charge in [0.15, 0.2) is 5.82 Å². The van der Waals surface area contributed by atoms with Gasteiger partial charge in [0, 0.05) is 40.4 Å². The van der Waals surface area contributed by atoms with Gasteiger partial charge in [0.1, 0.15) is 22.9 Å². The number of carbonyl (C=O) groups is 6. The Labute approximate surface area is 393 Å². The monoisotopic (exact) mass is 934 g/mol. The van der Waals surface area contributed by atoms with E-state index in [-0.39, 0.29) is 54.3 Å². The molecule has 18 heteroatoms. The number of benzene rings is 4. The summed E-state index contributed by atoms with van der Waals surface area (Å²) in [6, 6.07) is 25.4. The number of amides is 6. The number of piperidine rings is 1. The van der Waals surface area contributed by atoms with Gasteiger partial charge in [-0.2, -0.15) is 10.2 Å². The molecule has 0 aliphatic carbocycles. The van der Waals surface area contributed by atoms with Crippen molar-refractivity contribution < 1.29 is 28.8 Å². The normalized spacial score (nSPS) is 16.6. The van der Waals surface area contributed by atoms with Gasteiger partial charge in [0.2, 0.25) is 23.6 Å². The number of carbonyl (C=O) groups excluding carboxylic acids is 6. The number of hydrogen-bond donors (Lipinski definition) is 3. The number of aryl methyl sites for hydroxylation is 3. The van der Waals surface area contributed by atoms with E-state index >= 15 is 0 Å². The summed E-state index contributed by atoms with van der Waals surface area (Å²) < 4.78 is 2.03. The number of nitrogens with one attached hydrogen (secondary N) is 3. The van der Waals surface area contributed by atoms with Gasteiger partial charge in [-0.05, 0) is 105 Å². The maximum absolute atomic E-state index is 13.5. The van der Waals surface area contributed by atoms with Crippen molar-refractivity contribution in [1.29, 1.82) is 0 Å². The minimum absolute atomic E-state index is 0.00917. The van der Waals surface area contributed by atoms with Crippen LogP contribution < -0.4 is 16.0 Å². The second-order valence-corrected chi connectivity index (χ2v) is 18.1. The lowest BCUT2D eigenvalue weighted by Gasteiger charge is -2.27. The summed E-state index contributed by atoms with van der Waals surface area (Å²) in [5, 5.41) is 27.2. The maximum Gasteiger partial charge on any atom is 0.264 e. The van der Waals surface area contributed by atoms with E-state index in [9.17, 15) is 28.8 Å². The molecule has 67 heavy (non-hydrogen) atoms. The number of fused-ring (bicyclic) bond motifs is 4. The lowest BCUT2D eigenvalue weighted by Crippen LogP contribution is -2.54. The van der Waals surface area contributed by atoms with E-state index in [0.717, 1.165) is 49.3 Å². The Morgan fingerprint density at radius 2 is 1.51 bits per heavy atom. The number of aromatic nitrogens is 3. The zero-order chi connectivity index (χ0) is 46.9. The predicted octanol–water partition coefficient (Wildman–Crippen LogP) is 7.94. The molecule has 1 fully saturated rings. The first-order chi connectivity index (χ1) is 32.3. The molecule has 0 radical (unpaired) electrons. The van der Waals surface area contributed by atoms with Crippen LogP contribution in [-0.2, 0) is 32.0 Å². The summed E-state index contributed by atoms with van der Waals surface area (Å²) in [7, 11) is 0. The third kappa shape index (κ3) is 9.20. The van der Waals surface area contributed by atoms with Crippen LogP contribution in [0.15, 0.2) is 106 Å². The second-order valence-electron chi connectivity index (χ2n) is 16.5.